The number of aliphatic hydroxyl groups excluding tert-OH is 4. The number of aliphatic hydroxyl groups is 4. The average molecular weight is 342 g/mol. The van der Waals surface area contributed by atoms with Gasteiger partial charge in [0.1, 0.15) is 24.4 Å². The van der Waals surface area contributed by atoms with Crippen molar-refractivity contribution in [3.63, 3.8) is 0 Å². The Kier molecular flexibility index (Phi) is 5.75. The first-order chi connectivity index (χ1) is 11.3. The molecule has 0 amide bonds. The Bertz CT molecular complexity index is 613. The molecule has 0 aliphatic carbocycles. The topological polar surface area (TPSA) is 157 Å². The second-order valence-corrected chi connectivity index (χ2v) is 5.22. The van der Waals surface area contributed by atoms with E-state index in [2.05, 4.69) is 0 Å². The molecule has 0 unspecified atom stereocenters. The van der Waals surface area contributed by atoms with Gasteiger partial charge in [-0.15, -0.1) is 0 Å². The summed E-state index contributed by atoms with van der Waals surface area (Å²) >= 11 is 0. The summed E-state index contributed by atoms with van der Waals surface area (Å²) in [5, 5.41) is 56.5. The van der Waals surface area contributed by atoms with Gasteiger partial charge >= 0.3 is 5.97 Å². The van der Waals surface area contributed by atoms with E-state index in [-0.39, 0.29) is 11.5 Å². The number of esters is 1. The highest BCUT2D eigenvalue weighted by Crippen LogP contribution is 2.25. The van der Waals surface area contributed by atoms with Crippen LogP contribution in [0.5, 0.6) is 11.5 Å². The molecular weight excluding hydrogens is 324 g/mol. The summed E-state index contributed by atoms with van der Waals surface area (Å²) in [6.07, 6.45) is -5.36. The number of aromatic hydroxyl groups is 2. The zero-order chi connectivity index (χ0) is 17.9. The Hall–Kier alpha value is -2.17. The van der Waals surface area contributed by atoms with E-state index in [9.17, 15) is 30.3 Å². The van der Waals surface area contributed by atoms with Gasteiger partial charge in [0.2, 0.25) is 6.29 Å². The monoisotopic (exact) mass is 342 g/mol. The first-order valence-corrected chi connectivity index (χ1v) is 7.04. The highest BCUT2D eigenvalue weighted by molar-refractivity contribution is 5.87. The third kappa shape index (κ3) is 4.02. The Morgan fingerprint density at radius 2 is 1.83 bits per heavy atom. The van der Waals surface area contributed by atoms with Crippen LogP contribution in [0.15, 0.2) is 24.3 Å². The normalized spacial score (nSPS) is 30.4. The van der Waals surface area contributed by atoms with Gasteiger partial charge in [-0.05, 0) is 23.8 Å². The minimum Gasteiger partial charge on any atom is -0.504 e. The SMILES string of the molecule is O=C(C=Cc1ccc(O)c(O)c1)O[C@H]1O[C@@H](CO)[C@H](O)[C@@H](O)[C@@H]1O. The Morgan fingerprint density at radius 3 is 2.46 bits per heavy atom. The van der Waals surface area contributed by atoms with Gasteiger partial charge in [0, 0.05) is 6.08 Å². The van der Waals surface area contributed by atoms with Crippen LogP contribution in [0, 0.1) is 0 Å². The fourth-order valence-corrected chi connectivity index (χ4v) is 2.13. The van der Waals surface area contributed by atoms with Crippen molar-refractivity contribution in [1.29, 1.82) is 0 Å². The quantitative estimate of drug-likeness (QED) is 0.217. The molecule has 1 aliphatic rings. The van der Waals surface area contributed by atoms with E-state index in [4.69, 9.17) is 14.6 Å². The molecular formula is C15H18O9. The largest absolute Gasteiger partial charge is 0.504 e. The van der Waals surface area contributed by atoms with E-state index < -0.39 is 43.3 Å². The van der Waals surface area contributed by atoms with Crippen molar-refractivity contribution in [3.05, 3.63) is 29.8 Å². The number of hydrogen-bond acceptors (Lipinski definition) is 9. The molecule has 132 valence electrons. The van der Waals surface area contributed by atoms with Crippen LogP contribution < -0.4 is 0 Å². The lowest BCUT2D eigenvalue weighted by Crippen LogP contribution is -2.59. The standard InChI is InChI=1S/C15H18O9/c16-6-10-12(20)13(21)14(22)15(23-10)24-11(19)4-2-7-1-3-8(17)9(18)5-7/h1-5,10,12-18,20-22H,6H2/t10-,12-,13+,14-,15+/m0/s1. The minimum absolute atomic E-state index is 0.309. The fraction of sp³-hybridized carbons (Fsp3) is 0.400. The number of phenolic OH excluding ortho intramolecular Hbond substituents is 2. The fourth-order valence-electron chi connectivity index (χ4n) is 2.13. The van der Waals surface area contributed by atoms with E-state index in [1.165, 1.54) is 24.3 Å². The van der Waals surface area contributed by atoms with Gasteiger partial charge < -0.3 is 40.1 Å². The summed E-state index contributed by atoms with van der Waals surface area (Å²) < 4.78 is 9.87. The second kappa shape index (κ2) is 7.60. The van der Waals surface area contributed by atoms with Crippen LogP contribution in [-0.2, 0) is 14.3 Å². The van der Waals surface area contributed by atoms with Crippen molar-refractivity contribution in [1.82, 2.24) is 0 Å². The molecule has 5 atom stereocenters. The third-order valence-corrected chi connectivity index (χ3v) is 3.49. The number of carbonyl (C=O) groups excluding carboxylic acids is 1. The van der Waals surface area contributed by atoms with Gasteiger partial charge in [0.15, 0.2) is 11.5 Å². The van der Waals surface area contributed by atoms with Crippen LogP contribution in [0.25, 0.3) is 6.08 Å². The van der Waals surface area contributed by atoms with Gasteiger partial charge in [0.25, 0.3) is 0 Å². The Labute approximate surface area is 136 Å². The van der Waals surface area contributed by atoms with Gasteiger partial charge in [-0.3, -0.25) is 0 Å². The van der Waals surface area contributed by atoms with Crippen LogP contribution in [0.4, 0.5) is 0 Å². The highest BCUT2D eigenvalue weighted by atomic mass is 16.7. The summed E-state index contributed by atoms with van der Waals surface area (Å²) in [4.78, 5) is 11.7. The third-order valence-electron chi connectivity index (χ3n) is 3.49. The van der Waals surface area contributed by atoms with Gasteiger partial charge in [0.05, 0.1) is 6.61 Å². The molecule has 24 heavy (non-hydrogen) atoms. The smallest absolute Gasteiger partial charge is 0.333 e. The lowest BCUT2D eigenvalue weighted by atomic mass is 9.99. The maximum absolute atomic E-state index is 11.7. The highest BCUT2D eigenvalue weighted by Gasteiger charge is 2.45. The first kappa shape index (κ1) is 18.2. The van der Waals surface area contributed by atoms with Gasteiger partial charge in [-0.25, -0.2) is 4.79 Å². The maximum Gasteiger partial charge on any atom is 0.333 e. The van der Waals surface area contributed by atoms with Crippen LogP contribution >= 0.6 is 0 Å². The Morgan fingerprint density at radius 1 is 1.12 bits per heavy atom. The molecule has 2 rings (SSSR count). The predicted octanol–water partition coefficient (Wildman–Crippen LogP) is -1.55. The predicted molar refractivity (Wildman–Crippen MR) is 78.7 cm³/mol. The van der Waals surface area contributed by atoms with Crippen molar-refractivity contribution in [3.8, 4) is 11.5 Å². The van der Waals surface area contributed by atoms with E-state index in [0.29, 0.717) is 5.56 Å². The van der Waals surface area contributed by atoms with Crippen molar-refractivity contribution < 1.29 is 44.9 Å². The van der Waals surface area contributed by atoms with Crippen LogP contribution in [0.2, 0.25) is 0 Å². The summed E-state index contributed by atoms with van der Waals surface area (Å²) in [6.45, 7) is -0.637. The lowest BCUT2D eigenvalue weighted by molar-refractivity contribution is -0.291. The summed E-state index contributed by atoms with van der Waals surface area (Å²) in [5.41, 5.74) is 0.399. The van der Waals surface area contributed by atoms with Crippen molar-refractivity contribution in [2.45, 2.75) is 30.7 Å². The molecule has 1 heterocycles. The second-order valence-electron chi connectivity index (χ2n) is 5.22. The summed E-state index contributed by atoms with van der Waals surface area (Å²) in [5.74, 6) is -1.60. The molecule has 0 spiro atoms. The number of rotatable bonds is 4. The summed E-state index contributed by atoms with van der Waals surface area (Å²) in [7, 11) is 0. The lowest BCUT2D eigenvalue weighted by Gasteiger charge is -2.38. The molecule has 0 aromatic heterocycles. The molecule has 1 aromatic carbocycles. The van der Waals surface area contributed by atoms with Crippen molar-refractivity contribution in [2.75, 3.05) is 6.61 Å². The molecule has 1 aliphatic heterocycles. The van der Waals surface area contributed by atoms with E-state index in [1.54, 1.807) is 0 Å². The molecule has 1 aromatic rings. The zero-order valence-electron chi connectivity index (χ0n) is 12.4. The number of hydrogen-bond donors (Lipinski definition) is 6. The first-order valence-electron chi connectivity index (χ1n) is 7.04. The van der Waals surface area contributed by atoms with Gasteiger partial charge in [-0.1, -0.05) is 6.07 Å². The van der Waals surface area contributed by atoms with Crippen molar-refractivity contribution in [2.24, 2.45) is 0 Å². The van der Waals surface area contributed by atoms with E-state index in [0.717, 1.165) is 6.08 Å². The van der Waals surface area contributed by atoms with Gasteiger partial charge in [-0.2, -0.15) is 0 Å². The summed E-state index contributed by atoms with van der Waals surface area (Å²) in [6, 6.07) is 3.89. The van der Waals surface area contributed by atoms with Crippen LogP contribution in [-0.4, -0.2) is 73.9 Å². The zero-order valence-corrected chi connectivity index (χ0v) is 12.4. The maximum atomic E-state index is 11.7. The molecule has 1 fully saturated rings. The molecule has 9 heteroatoms. The molecule has 0 saturated carbocycles. The van der Waals surface area contributed by atoms with E-state index >= 15 is 0 Å². The Balaban J connectivity index is 2.00. The van der Waals surface area contributed by atoms with Crippen LogP contribution in [0.3, 0.4) is 0 Å². The molecule has 1 saturated heterocycles. The molecule has 6 N–H and O–H groups in total. The molecule has 0 radical (unpaired) electrons. The molecule has 9 nitrogen and oxygen atoms in total. The van der Waals surface area contributed by atoms with E-state index in [1.807, 2.05) is 0 Å². The number of benzene rings is 1. The number of carbonyl (C=O) groups is 1. The average Bonchev–Trinajstić information content (AvgIpc) is 2.56. The number of phenols is 2. The minimum atomic E-state index is -1.68. The van der Waals surface area contributed by atoms with Crippen molar-refractivity contribution >= 4 is 12.0 Å². The van der Waals surface area contributed by atoms with Crippen LogP contribution in [0.1, 0.15) is 5.56 Å². The number of ether oxygens (including phenoxy) is 2. The molecule has 0 bridgehead atoms.